The van der Waals surface area contributed by atoms with Crippen LogP contribution >= 0.6 is 0 Å². The van der Waals surface area contributed by atoms with Crippen LogP contribution in [0.4, 0.5) is 4.39 Å². The maximum absolute atomic E-state index is 12.7. The summed E-state index contributed by atoms with van der Waals surface area (Å²) in [6.07, 6.45) is 9.15. The number of carboxylic acids is 1. The molecule has 0 spiro atoms. The number of piperidine rings is 1. The molecule has 0 aromatic heterocycles. The molecule has 0 amide bonds. The summed E-state index contributed by atoms with van der Waals surface area (Å²) in [5, 5.41) is 14.3. The number of hydrogen-bond donors (Lipinski definition) is 3. The zero-order valence-electron chi connectivity index (χ0n) is 21.4. The Hall–Kier alpha value is -2.24. The lowest BCUT2D eigenvalue weighted by atomic mass is 10.00. The fourth-order valence-electron chi connectivity index (χ4n) is 3.80. The first-order chi connectivity index (χ1) is 16.5. The van der Waals surface area contributed by atoms with Crippen LogP contribution in [0.25, 0.3) is 0 Å². The number of nitrogens with two attached hydrogens (primary N) is 1. The van der Waals surface area contributed by atoms with Gasteiger partial charge in [0.15, 0.2) is 0 Å². The lowest BCUT2D eigenvalue weighted by Crippen LogP contribution is -2.84. The van der Waals surface area contributed by atoms with E-state index in [4.69, 9.17) is 5.11 Å². The summed E-state index contributed by atoms with van der Waals surface area (Å²) in [7, 11) is 0. The average molecular weight is 474 g/mol. The van der Waals surface area contributed by atoms with Gasteiger partial charge >= 0.3 is 5.97 Å². The van der Waals surface area contributed by atoms with Gasteiger partial charge in [-0.25, -0.2) is 4.39 Å². The molecule has 1 aliphatic rings. The topological polar surface area (TPSA) is 65.9 Å². The molecule has 1 heterocycles. The van der Waals surface area contributed by atoms with E-state index in [0.29, 0.717) is 0 Å². The summed E-state index contributed by atoms with van der Waals surface area (Å²) in [4.78, 5) is 10.5. The van der Waals surface area contributed by atoms with Crippen LogP contribution in [0.15, 0.2) is 54.6 Å². The highest BCUT2D eigenvalue weighted by atomic mass is 19.1. The lowest BCUT2D eigenvalue weighted by Gasteiger charge is -2.10. The Morgan fingerprint density at radius 3 is 2.06 bits per heavy atom. The van der Waals surface area contributed by atoms with Crippen molar-refractivity contribution in [2.24, 2.45) is 5.92 Å². The first-order valence-electron chi connectivity index (χ1n) is 13.0. The Balaban J connectivity index is 0.000000288. The van der Waals surface area contributed by atoms with Crippen molar-refractivity contribution in [2.45, 2.75) is 71.6 Å². The number of quaternary nitrogens is 1. The molecule has 0 saturated carbocycles. The van der Waals surface area contributed by atoms with E-state index in [1.807, 2.05) is 42.5 Å². The summed E-state index contributed by atoms with van der Waals surface area (Å²) in [5.74, 6) is -0.448. The molecule has 4 N–H and O–H groups in total. The Kier molecular flexibility index (Phi) is 16.7. The molecule has 1 atom stereocenters. The molecule has 34 heavy (non-hydrogen) atoms. The molecular weight excluding hydrogens is 427 g/mol. The van der Waals surface area contributed by atoms with E-state index in [2.05, 4.69) is 24.5 Å². The molecule has 1 fully saturated rings. The Labute approximate surface area is 206 Å². The van der Waals surface area contributed by atoms with E-state index >= 15 is 0 Å². The second kappa shape index (κ2) is 19.1. The standard InChI is InChI=1S/C15H24FN.C9H10O2.C5H11N/c1-3-13(4-2)9-11-17-12-10-14-5-7-15(16)8-6-14;1-7(9(10)11)8-5-3-2-4-6-8;1-2-4-6-5-3-1/h5-8,13,17H,3-4,9-12H2,1-2H3;2-7H,1H3,(H,10,11);6H,1-5H2/p+1. The highest BCUT2D eigenvalue weighted by molar-refractivity contribution is 5.75. The normalized spacial score (nSPS) is 13.8. The predicted octanol–water partition coefficient (Wildman–Crippen LogP) is 5.39. The molecule has 5 heteroatoms. The van der Waals surface area contributed by atoms with E-state index in [1.165, 1.54) is 63.7 Å². The highest BCUT2D eigenvalue weighted by Crippen LogP contribution is 2.13. The molecule has 0 radical (unpaired) electrons. The van der Waals surface area contributed by atoms with Gasteiger partial charge in [-0.2, -0.15) is 0 Å². The van der Waals surface area contributed by atoms with Gasteiger partial charge < -0.3 is 15.7 Å². The third-order valence-corrected chi connectivity index (χ3v) is 6.36. The molecule has 2 aromatic rings. The summed E-state index contributed by atoms with van der Waals surface area (Å²) < 4.78 is 12.7. The molecule has 3 rings (SSSR count). The first-order valence-corrected chi connectivity index (χ1v) is 13.0. The van der Waals surface area contributed by atoms with Gasteiger partial charge in [-0.05, 0) is 68.5 Å². The van der Waals surface area contributed by atoms with Crippen molar-refractivity contribution >= 4 is 5.97 Å². The van der Waals surface area contributed by atoms with E-state index < -0.39 is 11.9 Å². The molecule has 4 nitrogen and oxygen atoms in total. The van der Waals surface area contributed by atoms with Crippen LogP contribution in [0.5, 0.6) is 0 Å². The van der Waals surface area contributed by atoms with E-state index in [0.717, 1.165) is 24.4 Å². The largest absolute Gasteiger partial charge is 0.481 e. The molecule has 1 saturated heterocycles. The van der Waals surface area contributed by atoms with Crippen molar-refractivity contribution < 1.29 is 19.6 Å². The van der Waals surface area contributed by atoms with Crippen molar-refractivity contribution in [1.29, 1.82) is 0 Å². The van der Waals surface area contributed by atoms with Crippen molar-refractivity contribution in [3.63, 3.8) is 0 Å². The van der Waals surface area contributed by atoms with Crippen molar-refractivity contribution in [3.05, 3.63) is 71.5 Å². The minimum Gasteiger partial charge on any atom is -0.481 e. The number of aliphatic carboxylic acids is 1. The quantitative estimate of drug-likeness (QED) is 0.405. The number of benzene rings is 2. The smallest absolute Gasteiger partial charge is 0.310 e. The summed E-state index contributed by atoms with van der Waals surface area (Å²) in [6, 6.07) is 16.0. The third kappa shape index (κ3) is 14.1. The van der Waals surface area contributed by atoms with Gasteiger partial charge in [0.05, 0.1) is 19.0 Å². The van der Waals surface area contributed by atoms with Crippen LogP contribution in [0.2, 0.25) is 0 Å². The summed E-state index contributed by atoms with van der Waals surface area (Å²) >= 11 is 0. The zero-order chi connectivity index (χ0) is 25.0. The number of hydrogen-bond acceptors (Lipinski definition) is 2. The van der Waals surface area contributed by atoms with Gasteiger partial charge in [0, 0.05) is 6.42 Å². The Morgan fingerprint density at radius 1 is 0.971 bits per heavy atom. The SMILES string of the molecule is C1CCNCC1.CC(C(=O)O)c1ccccc1.CCC(CC)CC[NH2+]CCc1ccc(F)cc1. The fraction of sp³-hybridized carbons (Fsp3) is 0.552. The van der Waals surface area contributed by atoms with Crippen LogP contribution in [-0.4, -0.2) is 37.3 Å². The van der Waals surface area contributed by atoms with Crippen LogP contribution in [0.1, 0.15) is 76.3 Å². The van der Waals surface area contributed by atoms with Gasteiger partial charge in [0.2, 0.25) is 0 Å². The summed E-state index contributed by atoms with van der Waals surface area (Å²) in [6.45, 7) is 11.0. The number of carboxylic acid groups (broad SMARTS) is 1. The molecule has 1 aliphatic heterocycles. The molecular formula is C29H46FN2O2+. The highest BCUT2D eigenvalue weighted by Gasteiger charge is 2.11. The second-order valence-corrected chi connectivity index (χ2v) is 8.99. The first kappa shape index (κ1) is 29.8. The Morgan fingerprint density at radius 2 is 1.59 bits per heavy atom. The maximum Gasteiger partial charge on any atom is 0.310 e. The van der Waals surface area contributed by atoms with E-state index in [9.17, 15) is 9.18 Å². The number of rotatable bonds is 10. The molecule has 0 aliphatic carbocycles. The van der Waals surface area contributed by atoms with Crippen molar-refractivity contribution in [1.82, 2.24) is 5.32 Å². The molecule has 2 aromatic carbocycles. The van der Waals surface area contributed by atoms with Gasteiger partial charge in [-0.15, -0.1) is 0 Å². The van der Waals surface area contributed by atoms with Gasteiger partial charge in [0.25, 0.3) is 0 Å². The van der Waals surface area contributed by atoms with Crippen molar-refractivity contribution in [2.75, 3.05) is 26.2 Å². The van der Waals surface area contributed by atoms with Gasteiger partial charge in [-0.3, -0.25) is 4.79 Å². The summed E-state index contributed by atoms with van der Waals surface area (Å²) in [5.41, 5.74) is 2.07. The molecule has 1 unspecified atom stereocenters. The average Bonchev–Trinajstić information content (AvgIpc) is 2.89. The molecule has 190 valence electrons. The minimum atomic E-state index is -0.781. The monoisotopic (exact) mass is 473 g/mol. The predicted molar refractivity (Wildman–Crippen MR) is 140 cm³/mol. The second-order valence-electron chi connectivity index (χ2n) is 8.99. The lowest BCUT2D eigenvalue weighted by molar-refractivity contribution is -0.655. The Bertz CT molecular complexity index is 733. The van der Waals surface area contributed by atoms with E-state index in [1.54, 1.807) is 19.1 Å². The number of carbonyl (C=O) groups is 1. The van der Waals surface area contributed by atoms with Gasteiger partial charge in [-0.1, -0.05) is 75.6 Å². The van der Waals surface area contributed by atoms with Crippen LogP contribution in [-0.2, 0) is 11.2 Å². The number of nitrogens with one attached hydrogen (secondary N) is 1. The minimum absolute atomic E-state index is 0.147. The molecule has 0 bridgehead atoms. The zero-order valence-corrected chi connectivity index (χ0v) is 21.4. The maximum atomic E-state index is 12.7. The van der Waals surface area contributed by atoms with Crippen molar-refractivity contribution in [3.8, 4) is 0 Å². The third-order valence-electron chi connectivity index (χ3n) is 6.36. The van der Waals surface area contributed by atoms with Crippen LogP contribution in [0, 0.1) is 11.7 Å². The van der Waals surface area contributed by atoms with E-state index in [-0.39, 0.29) is 5.82 Å². The van der Waals surface area contributed by atoms with Crippen LogP contribution < -0.4 is 10.6 Å². The fourth-order valence-corrected chi connectivity index (χ4v) is 3.80. The van der Waals surface area contributed by atoms with Crippen LogP contribution in [0.3, 0.4) is 0 Å². The number of halogens is 1. The van der Waals surface area contributed by atoms with Gasteiger partial charge in [0.1, 0.15) is 5.82 Å².